The van der Waals surface area contributed by atoms with Gasteiger partial charge in [0.25, 0.3) is 0 Å². The maximum Gasteiger partial charge on any atom is 0.0207 e. The predicted molar refractivity (Wildman–Crippen MR) is 81.6 cm³/mol. The zero-order chi connectivity index (χ0) is 13.0. The summed E-state index contributed by atoms with van der Waals surface area (Å²) >= 11 is 3.64. The van der Waals surface area contributed by atoms with Crippen LogP contribution in [0.4, 0.5) is 0 Å². The van der Waals surface area contributed by atoms with E-state index < -0.39 is 0 Å². The largest absolute Gasteiger partial charge is 0.325 e. The van der Waals surface area contributed by atoms with Crippen LogP contribution in [0.5, 0.6) is 0 Å². The zero-order valence-electron chi connectivity index (χ0n) is 11.3. The average molecular weight is 310 g/mol. The molecule has 0 aliphatic heterocycles. The summed E-state index contributed by atoms with van der Waals surface area (Å²) in [5.41, 5.74) is 8.02. The lowest BCUT2D eigenvalue weighted by atomic mass is 9.84. The van der Waals surface area contributed by atoms with Crippen molar-refractivity contribution in [3.63, 3.8) is 0 Å². The molecule has 1 fully saturated rings. The number of rotatable bonds is 3. The molecule has 1 nitrogen and oxygen atoms in total. The maximum atomic E-state index is 6.66. The molecular formula is C16H24BrN. The molecule has 2 rings (SSSR count). The summed E-state index contributed by atoms with van der Waals surface area (Å²) < 4.78 is 1.20. The van der Waals surface area contributed by atoms with Crippen molar-refractivity contribution < 1.29 is 0 Å². The lowest BCUT2D eigenvalue weighted by Crippen LogP contribution is -2.41. The summed E-state index contributed by atoms with van der Waals surface area (Å²) in [6.45, 7) is 2.31. The number of nitrogens with two attached hydrogens (primary N) is 1. The Morgan fingerprint density at radius 3 is 2.78 bits per heavy atom. The van der Waals surface area contributed by atoms with Crippen molar-refractivity contribution in [2.24, 2.45) is 11.7 Å². The summed E-state index contributed by atoms with van der Waals surface area (Å²) in [7, 11) is 0. The Hall–Kier alpha value is -0.340. The summed E-state index contributed by atoms with van der Waals surface area (Å²) in [5, 5.41) is 0. The molecule has 2 atom stereocenters. The van der Waals surface area contributed by atoms with Gasteiger partial charge in [-0.25, -0.2) is 0 Å². The highest BCUT2D eigenvalue weighted by molar-refractivity contribution is 9.10. The molecule has 0 amide bonds. The third kappa shape index (κ3) is 3.58. The molecule has 0 radical (unpaired) electrons. The Morgan fingerprint density at radius 1 is 1.28 bits per heavy atom. The topological polar surface area (TPSA) is 26.0 Å². The first-order valence-electron chi connectivity index (χ1n) is 7.15. The second kappa shape index (κ2) is 6.21. The Balaban J connectivity index is 2.05. The van der Waals surface area contributed by atoms with Crippen LogP contribution in [-0.4, -0.2) is 5.54 Å². The third-order valence-electron chi connectivity index (χ3n) is 4.42. The van der Waals surface area contributed by atoms with Crippen LogP contribution in [-0.2, 0) is 6.42 Å². The van der Waals surface area contributed by atoms with Crippen molar-refractivity contribution in [3.05, 3.63) is 34.3 Å². The van der Waals surface area contributed by atoms with E-state index in [9.17, 15) is 0 Å². The minimum atomic E-state index is 0.00773. The van der Waals surface area contributed by atoms with Gasteiger partial charge in [-0.15, -0.1) is 0 Å². The maximum absolute atomic E-state index is 6.66. The van der Waals surface area contributed by atoms with Crippen LogP contribution in [0.3, 0.4) is 0 Å². The van der Waals surface area contributed by atoms with Crippen molar-refractivity contribution >= 4 is 15.9 Å². The second-order valence-electron chi connectivity index (χ2n) is 5.84. The van der Waals surface area contributed by atoms with E-state index in [-0.39, 0.29) is 5.54 Å². The first-order valence-corrected chi connectivity index (χ1v) is 7.94. The molecule has 2 N–H and O–H groups in total. The fourth-order valence-corrected chi connectivity index (χ4v) is 3.53. The van der Waals surface area contributed by atoms with Crippen LogP contribution < -0.4 is 5.73 Å². The van der Waals surface area contributed by atoms with Crippen LogP contribution in [0.25, 0.3) is 0 Å². The highest BCUT2D eigenvalue weighted by Gasteiger charge is 2.29. The number of hydrogen-bond acceptors (Lipinski definition) is 1. The molecule has 2 unspecified atom stereocenters. The van der Waals surface area contributed by atoms with Gasteiger partial charge in [-0.2, -0.15) is 0 Å². The molecule has 0 spiro atoms. The van der Waals surface area contributed by atoms with E-state index in [1.54, 1.807) is 0 Å². The minimum absolute atomic E-state index is 0.00773. The summed E-state index contributed by atoms with van der Waals surface area (Å²) in [6.07, 6.45) is 8.62. The van der Waals surface area contributed by atoms with Crippen molar-refractivity contribution in [3.8, 4) is 0 Å². The Bertz CT molecular complexity index is 390. The van der Waals surface area contributed by atoms with Gasteiger partial charge in [-0.3, -0.25) is 0 Å². The van der Waals surface area contributed by atoms with Gasteiger partial charge >= 0.3 is 0 Å². The molecule has 18 heavy (non-hydrogen) atoms. The first kappa shape index (κ1) is 14.1. The molecule has 100 valence electrons. The van der Waals surface area contributed by atoms with Gasteiger partial charge in [0.2, 0.25) is 0 Å². The lowest BCUT2D eigenvalue weighted by molar-refractivity contribution is 0.358. The van der Waals surface area contributed by atoms with Crippen molar-refractivity contribution in [1.29, 1.82) is 0 Å². The van der Waals surface area contributed by atoms with E-state index in [0.717, 1.165) is 12.3 Å². The van der Waals surface area contributed by atoms with Crippen molar-refractivity contribution in [2.45, 2.75) is 57.4 Å². The zero-order valence-corrected chi connectivity index (χ0v) is 12.9. The molecule has 1 aliphatic carbocycles. The van der Waals surface area contributed by atoms with Gasteiger partial charge in [0, 0.05) is 10.0 Å². The summed E-state index contributed by atoms with van der Waals surface area (Å²) in [6, 6.07) is 8.48. The molecule has 1 aromatic carbocycles. The molecule has 1 saturated carbocycles. The summed E-state index contributed by atoms with van der Waals surface area (Å²) in [5.74, 6) is 0.898. The molecule has 0 bridgehead atoms. The van der Waals surface area contributed by atoms with E-state index in [0.29, 0.717) is 0 Å². The van der Waals surface area contributed by atoms with Gasteiger partial charge in [0.05, 0.1) is 0 Å². The van der Waals surface area contributed by atoms with E-state index in [4.69, 9.17) is 5.73 Å². The Kier molecular flexibility index (Phi) is 4.85. The van der Waals surface area contributed by atoms with Crippen LogP contribution >= 0.6 is 15.9 Å². The van der Waals surface area contributed by atoms with E-state index in [1.807, 2.05) is 0 Å². The van der Waals surface area contributed by atoms with Gasteiger partial charge < -0.3 is 5.73 Å². The Morgan fingerprint density at radius 2 is 2.06 bits per heavy atom. The average Bonchev–Trinajstić information content (AvgIpc) is 2.54. The first-order chi connectivity index (χ1) is 8.63. The SMILES string of the molecule is CCC1CCCC(N)(Cc2ccccc2Br)CC1. The highest BCUT2D eigenvalue weighted by Crippen LogP contribution is 2.33. The fourth-order valence-electron chi connectivity index (χ4n) is 3.11. The molecule has 1 aliphatic rings. The fraction of sp³-hybridized carbons (Fsp3) is 0.625. The predicted octanol–water partition coefficient (Wildman–Crippen LogP) is 4.68. The van der Waals surface area contributed by atoms with Crippen molar-refractivity contribution in [1.82, 2.24) is 0 Å². The van der Waals surface area contributed by atoms with Crippen molar-refractivity contribution in [2.75, 3.05) is 0 Å². The number of halogens is 1. The molecular weight excluding hydrogens is 286 g/mol. The minimum Gasteiger partial charge on any atom is -0.325 e. The summed E-state index contributed by atoms with van der Waals surface area (Å²) in [4.78, 5) is 0. The van der Waals surface area contributed by atoms with E-state index >= 15 is 0 Å². The molecule has 0 aromatic heterocycles. The molecule has 2 heteroatoms. The molecule has 0 saturated heterocycles. The van der Waals surface area contributed by atoms with Gasteiger partial charge in [-0.1, -0.05) is 60.3 Å². The number of benzene rings is 1. The van der Waals surface area contributed by atoms with Crippen LogP contribution in [0.2, 0.25) is 0 Å². The standard InChI is InChI=1S/C16H24BrN/c1-2-13-6-5-10-16(18,11-9-13)12-14-7-3-4-8-15(14)17/h3-4,7-8,13H,2,5-6,9-12,18H2,1H3. The van der Waals surface area contributed by atoms with Gasteiger partial charge in [0.1, 0.15) is 0 Å². The van der Waals surface area contributed by atoms with E-state index in [1.165, 1.54) is 48.6 Å². The van der Waals surface area contributed by atoms with E-state index in [2.05, 4.69) is 47.1 Å². The second-order valence-corrected chi connectivity index (χ2v) is 6.69. The van der Waals surface area contributed by atoms with Crippen LogP contribution in [0, 0.1) is 5.92 Å². The van der Waals surface area contributed by atoms with Crippen LogP contribution in [0.1, 0.15) is 51.0 Å². The lowest BCUT2D eigenvalue weighted by Gasteiger charge is -2.29. The monoisotopic (exact) mass is 309 g/mol. The highest BCUT2D eigenvalue weighted by atomic mass is 79.9. The Labute approximate surface area is 119 Å². The quantitative estimate of drug-likeness (QED) is 0.806. The molecule has 0 heterocycles. The normalized spacial score (nSPS) is 28.9. The molecule has 1 aromatic rings. The van der Waals surface area contributed by atoms with Crippen LogP contribution in [0.15, 0.2) is 28.7 Å². The van der Waals surface area contributed by atoms with Gasteiger partial charge in [-0.05, 0) is 43.2 Å². The number of hydrogen-bond donors (Lipinski definition) is 1. The smallest absolute Gasteiger partial charge is 0.0207 e. The van der Waals surface area contributed by atoms with Gasteiger partial charge in [0.15, 0.2) is 0 Å². The third-order valence-corrected chi connectivity index (χ3v) is 5.19.